The molecule has 0 unspecified atom stereocenters. The maximum Gasteiger partial charge on any atom is 0.0410 e. The van der Waals surface area contributed by atoms with Gasteiger partial charge in [-0.05, 0) is 61.0 Å². The highest BCUT2D eigenvalue weighted by Gasteiger charge is 2.28. The number of benzene rings is 1. The van der Waals surface area contributed by atoms with Crippen LogP contribution in [0.4, 0.5) is 5.69 Å². The second-order valence-corrected chi connectivity index (χ2v) is 7.20. The van der Waals surface area contributed by atoms with Crippen molar-refractivity contribution < 1.29 is 0 Å². The van der Waals surface area contributed by atoms with Gasteiger partial charge in [0.15, 0.2) is 0 Å². The van der Waals surface area contributed by atoms with E-state index in [9.17, 15) is 0 Å². The van der Waals surface area contributed by atoms with Crippen LogP contribution in [-0.2, 0) is 6.54 Å². The molecule has 0 aromatic heterocycles. The van der Waals surface area contributed by atoms with E-state index in [1.54, 1.807) is 0 Å². The van der Waals surface area contributed by atoms with Crippen molar-refractivity contribution in [1.82, 2.24) is 4.90 Å². The van der Waals surface area contributed by atoms with Crippen molar-refractivity contribution in [2.24, 2.45) is 11.3 Å². The van der Waals surface area contributed by atoms with Gasteiger partial charge < -0.3 is 5.73 Å². The zero-order valence-corrected chi connectivity index (χ0v) is 13.0. The van der Waals surface area contributed by atoms with E-state index in [-0.39, 0.29) is 0 Å². The number of nitrogens with zero attached hydrogens (tertiary/aromatic N) is 1. The van der Waals surface area contributed by atoms with E-state index in [0.29, 0.717) is 5.41 Å². The monoisotopic (exact) mass is 280 g/mol. The van der Waals surface area contributed by atoms with Gasteiger partial charge in [-0.3, -0.25) is 4.90 Å². The first-order valence-corrected chi connectivity index (χ1v) is 7.50. The van der Waals surface area contributed by atoms with Crippen molar-refractivity contribution in [2.75, 3.05) is 18.8 Å². The number of nitrogens with two attached hydrogens (primary N) is 1. The SMILES string of the molecule is CC(C)(C)C1CCN(Cc2cc(Cl)ccc2N)CC1. The molecule has 106 valence electrons. The second-order valence-electron chi connectivity index (χ2n) is 6.76. The molecule has 1 heterocycles. The fourth-order valence-corrected chi connectivity index (χ4v) is 3.10. The predicted molar refractivity (Wildman–Crippen MR) is 83.3 cm³/mol. The predicted octanol–water partition coefficient (Wildman–Crippen LogP) is 4.18. The minimum atomic E-state index is 0.432. The molecule has 0 atom stereocenters. The Kier molecular flexibility index (Phi) is 4.42. The van der Waals surface area contributed by atoms with Crippen LogP contribution >= 0.6 is 11.6 Å². The largest absolute Gasteiger partial charge is 0.398 e. The summed E-state index contributed by atoms with van der Waals surface area (Å²) in [6, 6.07) is 5.75. The molecule has 3 heteroatoms. The number of halogens is 1. The summed E-state index contributed by atoms with van der Waals surface area (Å²) < 4.78 is 0. The molecule has 1 aromatic rings. The molecule has 2 nitrogen and oxygen atoms in total. The quantitative estimate of drug-likeness (QED) is 0.824. The Bertz CT molecular complexity index is 429. The summed E-state index contributed by atoms with van der Waals surface area (Å²) >= 11 is 6.04. The molecule has 0 bridgehead atoms. The number of rotatable bonds is 2. The summed E-state index contributed by atoms with van der Waals surface area (Å²) in [5, 5.41) is 0.772. The van der Waals surface area contributed by atoms with Crippen molar-refractivity contribution in [3.63, 3.8) is 0 Å². The highest BCUT2D eigenvalue weighted by Crippen LogP contribution is 2.34. The molecular formula is C16H25ClN2. The van der Waals surface area contributed by atoms with Crippen LogP contribution in [0.5, 0.6) is 0 Å². The van der Waals surface area contributed by atoms with Gasteiger partial charge in [-0.15, -0.1) is 0 Å². The Hall–Kier alpha value is -0.730. The van der Waals surface area contributed by atoms with Gasteiger partial charge in [-0.2, -0.15) is 0 Å². The first-order valence-electron chi connectivity index (χ1n) is 7.12. The second kappa shape index (κ2) is 5.72. The van der Waals surface area contributed by atoms with E-state index in [1.165, 1.54) is 12.8 Å². The molecule has 0 saturated carbocycles. The Labute approximate surface area is 121 Å². The maximum absolute atomic E-state index is 6.04. The van der Waals surface area contributed by atoms with E-state index in [1.807, 2.05) is 18.2 Å². The molecule has 0 radical (unpaired) electrons. The molecule has 1 aliphatic rings. The Balaban J connectivity index is 1.94. The van der Waals surface area contributed by atoms with Gasteiger partial charge in [-0.1, -0.05) is 32.4 Å². The summed E-state index contributed by atoms with van der Waals surface area (Å²) in [4.78, 5) is 2.49. The molecule has 2 rings (SSSR count). The zero-order chi connectivity index (χ0) is 14.0. The number of anilines is 1. The Morgan fingerprint density at radius 3 is 2.47 bits per heavy atom. The summed E-state index contributed by atoms with van der Waals surface area (Å²) in [7, 11) is 0. The smallest absolute Gasteiger partial charge is 0.0410 e. The van der Waals surface area contributed by atoms with Crippen molar-refractivity contribution in [3.05, 3.63) is 28.8 Å². The lowest BCUT2D eigenvalue weighted by Crippen LogP contribution is -2.37. The first kappa shape index (κ1) is 14.7. The average molecular weight is 281 g/mol. The minimum absolute atomic E-state index is 0.432. The Morgan fingerprint density at radius 2 is 1.89 bits per heavy atom. The van der Waals surface area contributed by atoms with Crippen LogP contribution in [0.1, 0.15) is 39.2 Å². The maximum atomic E-state index is 6.04. The average Bonchev–Trinajstić information content (AvgIpc) is 2.33. The molecule has 0 amide bonds. The molecule has 1 aliphatic heterocycles. The van der Waals surface area contributed by atoms with Gasteiger partial charge in [0.25, 0.3) is 0 Å². The van der Waals surface area contributed by atoms with Gasteiger partial charge in [-0.25, -0.2) is 0 Å². The van der Waals surface area contributed by atoms with Gasteiger partial charge in [0.1, 0.15) is 0 Å². The Morgan fingerprint density at radius 1 is 1.26 bits per heavy atom. The van der Waals surface area contributed by atoms with E-state index in [2.05, 4.69) is 25.7 Å². The third-order valence-electron chi connectivity index (χ3n) is 4.31. The molecule has 2 N–H and O–H groups in total. The van der Waals surface area contributed by atoms with Gasteiger partial charge >= 0.3 is 0 Å². The standard InChI is InChI=1S/C16H25ClN2/c1-16(2,3)13-6-8-19(9-7-13)11-12-10-14(17)4-5-15(12)18/h4-5,10,13H,6-9,11,18H2,1-3H3. The van der Waals surface area contributed by atoms with Crippen molar-refractivity contribution >= 4 is 17.3 Å². The summed E-state index contributed by atoms with van der Waals surface area (Å²) in [5.74, 6) is 0.834. The van der Waals surface area contributed by atoms with Crippen LogP contribution in [0, 0.1) is 11.3 Å². The summed E-state index contributed by atoms with van der Waals surface area (Å²) in [6.07, 6.45) is 2.56. The number of likely N-dealkylation sites (tertiary alicyclic amines) is 1. The molecule has 0 aliphatic carbocycles. The van der Waals surface area contributed by atoms with E-state index < -0.39 is 0 Å². The third kappa shape index (κ3) is 3.87. The van der Waals surface area contributed by atoms with Crippen LogP contribution in [0.3, 0.4) is 0 Å². The van der Waals surface area contributed by atoms with E-state index >= 15 is 0 Å². The zero-order valence-electron chi connectivity index (χ0n) is 12.2. The highest BCUT2D eigenvalue weighted by atomic mass is 35.5. The van der Waals surface area contributed by atoms with E-state index in [0.717, 1.165) is 41.8 Å². The lowest BCUT2D eigenvalue weighted by Gasteiger charge is -2.38. The number of nitrogen functional groups attached to an aromatic ring is 1. The van der Waals surface area contributed by atoms with Crippen LogP contribution in [0.2, 0.25) is 5.02 Å². The molecule has 1 aromatic carbocycles. The highest BCUT2D eigenvalue weighted by molar-refractivity contribution is 6.30. The lowest BCUT2D eigenvalue weighted by molar-refractivity contribution is 0.108. The summed E-state index contributed by atoms with van der Waals surface area (Å²) in [5.41, 5.74) is 8.45. The van der Waals surface area contributed by atoms with Crippen LogP contribution in [-0.4, -0.2) is 18.0 Å². The molecule has 0 spiro atoms. The number of hydrogen-bond donors (Lipinski definition) is 1. The van der Waals surface area contributed by atoms with E-state index in [4.69, 9.17) is 17.3 Å². The number of piperidine rings is 1. The molecule has 1 fully saturated rings. The molecular weight excluding hydrogens is 256 g/mol. The van der Waals surface area contributed by atoms with Gasteiger partial charge in [0.05, 0.1) is 0 Å². The van der Waals surface area contributed by atoms with Crippen molar-refractivity contribution in [2.45, 2.75) is 40.2 Å². The van der Waals surface area contributed by atoms with Gasteiger partial charge in [0, 0.05) is 17.3 Å². The van der Waals surface area contributed by atoms with Crippen LogP contribution in [0.15, 0.2) is 18.2 Å². The topological polar surface area (TPSA) is 29.3 Å². The van der Waals surface area contributed by atoms with Crippen LogP contribution in [0.25, 0.3) is 0 Å². The fraction of sp³-hybridized carbons (Fsp3) is 0.625. The van der Waals surface area contributed by atoms with Crippen molar-refractivity contribution in [3.8, 4) is 0 Å². The fourth-order valence-electron chi connectivity index (χ4n) is 2.91. The molecule has 1 saturated heterocycles. The van der Waals surface area contributed by atoms with Gasteiger partial charge in [0.2, 0.25) is 0 Å². The first-order chi connectivity index (χ1) is 8.86. The normalized spacial score (nSPS) is 18.7. The minimum Gasteiger partial charge on any atom is -0.398 e. The van der Waals surface area contributed by atoms with Crippen LogP contribution < -0.4 is 5.73 Å². The number of hydrogen-bond acceptors (Lipinski definition) is 2. The molecule has 19 heavy (non-hydrogen) atoms. The third-order valence-corrected chi connectivity index (χ3v) is 4.55. The lowest BCUT2D eigenvalue weighted by atomic mass is 9.75. The van der Waals surface area contributed by atoms with Crippen molar-refractivity contribution in [1.29, 1.82) is 0 Å². The summed E-state index contributed by atoms with van der Waals surface area (Å²) in [6.45, 7) is 10.3.